The van der Waals surface area contributed by atoms with Gasteiger partial charge >= 0.3 is 0 Å². The van der Waals surface area contributed by atoms with Crippen LogP contribution < -0.4 is 0 Å². The molecule has 2 N–H and O–H groups in total. The molecule has 0 radical (unpaired) electrons. The molecule has 4 nitrogen and oxygen atoms in total. The van der Waals surface area contributed by atoms with E-state index in [4.69, 9.17) is 14.6 Å². The summed E-state index contributed by atoms with van der Waals surface area (Å²) in [6, 6.07) is 0. The number of hydrogen-bond acceptors (Lipinski definition) is 4. The lowest BCUT2D eigenvalue weighted by atomic mass is 10.1. The highest BCUT2D eigenvalue weighted by Gasteiger charge is 2.43. The van der Waals surface area contributed by atoms with Crippen molar-refractivity contribution < 1.29 is 19.7 Å². The summed E-state index contributed by atoms with van der Waals surface area (Å²) in [5.41, 5.74) is 0. The third-order valence-corrected chi connectivity index (χ3v) is 1.98. The number of aliphatic hydroxyl groups excluding tert-OH is 2. The third kappa shape index (κ3) is 2.28. The molecule has 76 valence electrons. The fraction of sp³-hybridized carbons (Fsp3) is 0.778. The summed E-state index contributed by atoms with van der Waals surface area (Å²) in [4.78, 5) is 0. The van der Waals surface area contributed by atoms with Gasteiger partial charge in [0.2, 0.25) is 0 Å². The van der Waals surface area contributed by atoms with E-state index in [0.29, 0.717) is 0 Å². The minimum Gasteiger partial charge on any atom is -0.394 e. The number of ether oxygens (including phenoxy) is 2. The van der Waals surface area contributed by atoms with Crippen LogP contribution in [0.1, 0.15) is 13.8 Å². The van der Waals surface area contributed by atoms with Crippen molar-refractivity contribution >= 4 is 0 Å². The average molecular weight is 188 g/mol. The molecule has 0 aromatic rings. The van der Waals surface area contributed by atoms with Gasteiger partial charge in [0.1, 0.15) is 18.3 Å². The second-order valence-corrected chi connectivity index (χ2v) is 3.55. The van der Waals surface area contributed by atoms with Crippen molar-refractivity contribution in [2.75, 3.05) is 6.61 Å². The van der Waals surface area contributed by atoms with Crippen LogP contribution in [-0.2, 0) is 9.47 Å². The van der Waals surface area contributed by atoms with Gasteiger partial charge in [0.25, 0.3) is 0 Å². The Morgan fingerprint density at radius 1 is 1.54 bits per heavy atom. The minimum atomic E-state index is -0.807. The Morgan fingerprint density at radius 2 is 2.15 bits per heavy atom. The van der Waals surface area contributed by atoms with E-state index in [1.165, 1.54) is 6.08 Å². The van der Waals surface area contributed by atoms with E-state index < -0.39 is 24.1 Å². The molecular weight excluding hydrogens is 172 g/mol. The van der Waals surface area contributed by atoms with Crippen molar-refractivity contribution in [3.8, 4) is 0 Å². The molecule has 0 bridgehead atoms. The molecule has 13 heavy (non-hydrogen) atoms. The van der Waals surface area contributed by atoms with Crippen LogP contribution in [0.5, 0.6) is 0 Å². The second kappa shape index (κ2) is 3.75. The van der Waals surface area contributed by atoms with Crippen LogP contribution in [0.15, 0.2) is 12.7 Å². The Labute approximate surface area is 77.8 Å². The van der Waals surface area contributed by atoms with E-state index >= 15 is 0 Å². The molecule has 4 heteroatoms. The fourth-order valence-electron chi connectivity index (χ4n) is 1.43. The molecule has 0 amide bonds. The van der Waals surface area contributed by atoms with Crippen molar-refractivity contribution in [1.29, 1.82) is 0 Å². The smallest absolute Gasteiger partial charge is 0.164 e. The number of hydrogen-bond donors (Lipinski definition) is 2. The van der Waals surface area contributed by atoms with Crippen molar-refractivity contribution in [1.82, 2.24) is 0 Å². The molecule has 0 unspecified atom stereocenters. The Kier molecular flexibility index (Phi) is 3.08. The lowest BCUT2D eigenvalue weighted by Crippen LogP contribution is -2.35. The molecule has 3 atom stereocenters. The van der Waals surface area contributed by atoms with Crippen molar-refractivity contribution in [3.63, 3.8) is 0 Å². The lowest BCUT2D eigenvalue weighted by Gasteiger charge is -2.18. The maximum absolute atomic E-state index is 9.46. The van der Waals surface area contributed by atoms with E-state index in [9.17, 15) is 5.11 Å². The second-order valence-electron chi connectivity index (χ2n) is 3.55. The minimum absolute atomic E-state index is 0.168. The Balaban J connectivity index is 2.68. The molecule has 0 aliphatic carbocycles. The van der Waals surface area contributed by atoms with E-state index in [1.807, 2.05) is 0 Å². The maximum Gasteiger partial charge on any atom is 0.164 e. The van der Waals surface area contributed by atoms with E-state index in [2.05, 4.69) is 6.58 Å². The van der Waals surface area contributed by atoms with E-state index in [1.54, 1.807) is 13.8 Å². The van der Waals surface area contributed by atoms with Gasteiger partial charge in [-0.1, -0.05) is 6.08 Å². The quantitative estimate of drug-likeness (QED) is 0.614. The zero-order chi connectivity index (χ0) is 10.1. The first-order valence-electron chi connectivity index (χ1n) is 4.27. The van der Waals surface area contributed by atoms with Gasteiger partial charge in [-0.25, -0.2) is 0 Å². The predicted octanol–water partition coefficient (Wildman–Crippen LogP) is 0.0457. The summed E-state index contributed by atoms with van der Waals surface area (Å²) in [5.74, 6) is -0.748. The van der Waals surface area contributed by atoms with Gasteiger partial charge in [-0.05, 0) is 13.8 Å². The van der Waals surface area contributed by atoms with E-state index in [-0.39, 0.29) is 6.61 Å². The molecule has 0 spiro atoms. The highest BCUT2D eigenvalue weighted by atomic mass is 16.8. The van der Waals surface area contributed by atoms with Crippen LogP contribution in [0.4, 0.5) is 0 Å². The van der Waals surface area contributed by atoms with Crippen molar-refractivity contribution in [2.24, 2.45) is 0 Å². The fourth-order valence-corrected chi connectivity index (χ4v) is 1.43. The predicted molar refractivity (Wildman–Crippen MR) is 47.1 cm³/mol. The summed E-state index contributed by atoms with van der Waals surface area (Å²) in [5, 5.41) is 18.4. The largest absolute Gasteiger partial charge is 0.394 e. The molecule has 1 aliphatic rings. The number of rotatable bonds is 3. The number of aliphatic hydroxyl groups is 2. The van der Waals surface area contributed by atoms with Crippen molar-refractivity contribution in [3.05, 3.63) is 12.7 Å². The van der Waals surface area contributed by atoms with Crippen LogP contribution in [0.2, 0.25) is 0 Å². The van der Waals surface area contributed by atoms with E-state index in [0.717, 1.165) is 0 Å². The van der Waals surface area contributed by atoms with Crippen molar-refractivity contribution in [2.45, 2.75) is 37.9 Å². The molecular formula is C9H16O4. The SMILES string of the molecule is C=C[C@H](O)[C@@H]1OC(C)(C)O[C@@H]1CO. The third-order valence-electron chi connectivity index (χ3n) is 1.98. The van der Waals surface area contributed by atoms with Crippen LogP contribution in [0.3, 0.4) is 0 Å². The molecule has 1 saturated heterocycles. The van der Waals surface area contributed by atoms with Gasteiger partial charge in [0.15, 0.2) is 5.79 Å². The summed E-state index contributed by atoms with van der Waals surface area (Å²) in [6.45, 7) is 6.77. The Hall–Kier alpha value is -0.420. The zero-order valence-corrected chi connectivity index (χ0v) is 7.93. The molecule has 1 heterocycles. The first-order chi connectivity index (χ1) is 6.00. The summed E-state index contributed by atoms with van der Waals surface area (Å²) < 4.78 is 10.8. The maximum atomic E-state index is 9.46. The summed E-state index contributed by atoms with van der Waals surface area (Å²) in [6.07, 6.45) is -0.447. The van der Waals surface area contributed by atoms with Gasteiger partial charge in [-0.15, -0.1) is 6.58 Å². The van der Waals surface area contributed by atoms with Gasteiger partial charge in [-0.2, -0.15) is 0 Å². The highest BCUT2D eigenvalue weighted by Crippen LogP contribution is 2.29. The summed E-state index contributed by atoms with van der Waals surface area (Å²) >= 11 is 0. The monoisotopic (exact) mass is 188 g/mol. The molecule has 1 aliphatic heterocycles. The van der Waals surface area contributed by atoms with Gasteiger partial charge < -0.3 is 19.7 Å². The Bertz CT molecular complexity index is 190. The van der Waals surface area contributed by atoms with Gasteiger partial charge in [0, 0.05) is 0 Å². The normalized spacial score (nSPS) is 34.5. The molecule has 1 fully saturated rings. The van der Waals surface area contributed by atoms with Gasteiger partial charge in [-0.3, -0.25) is 0 Å². The first kappa shape index (κ1) is 10.7. The first-order valence-corrected chi connectivity index (χ1v) is 4.27. The van der Waals surface area contributed by atoms with Crippen LogP contribution in [0.25, 0.3) is 0 Å². The Morgan fingerprint density at radius 3 is 2.62 bits per heavy atom. The molecule has 0 aromatic heterocycles. The zero-order valence-electron chi connectivity index (χ0n) is 7.93. The van der Waals surface area contributed by atoms with Crippen LogP contribution in [-0.4, -0.2) is 40.9 Å². The highest BCUT2D eigenvalue weighted by molar-refractivity contribution is 4.93. The average Bonchev–Trinajstić information content (AvgIpc) is 2.39. The lowest BCUT2D eigenvalue weighted by molar-refractivity contribution is -0.154. The topological polar surface area (TPSA) is 58.9 Å². The summed E-state index contributed by atoms with van der Waals surface area (Å²) in [7, 11) is 0. The van der Waals surface area contributed by atoms with Crippen LogP contribution >= 0.6 is 0 Å². The molecule has 1 rings (SSSR count). The standard InChI is InChI=1S/C9H16O4/c1-4-6(11)8-7(5-10)12-9(2,3)13-8/h4,6-8,10-11H,1,5H2,2-3H3/t6-,7+,8-/m0/s1. The molecule has 0 aromatic carbocycles. The van der Waals surface area contributed by atoms with Gasteiger partial charge in [0.05, 0.1) is 6.61 Å². The van der Waals surface area contributed by atoms with Crippen LogP contribution in [0, 0.1) is 0 Å². The molecule has 0 saturated carbocycles.